The quantitative estimate of drug-likeness (QED) is 0.163. The Morgan fingerprint density at radius 2 is 1.63 bits per heavy atom. The highest BCUT2D eigenvalue weighted by molar-refractivity contribution is 5.97. The molecule has 0 radical (unpaired) electrons. The third-order valence-corrected chi connectivity index (χ3v) is 6.72. The number of aromatic hydroxyl groups is 1. The first-order valence-electron chi connectivity index (χ1n) is 14.0. The number of benzene rings is 2. The number of rotatable bonds is 15. The van der Waals surface area contributed by atoms with Crippen LogP contribution in [0.15, 0.2) is 24.3 Å². The zero-order chi connectivity index (χ0) is 27.5. The topological polar surface area (TPSA) is 91.3 Å². The van der Waals surface area contributed by atoms with Crippen molar-refractivity contribution in [1.82, 2.24) is 0 Å². The normalized spacial score (nSPS) is 14.4. The maximum atomic E-state index is 11.8. The maximum absolute atomic E-state index is 11.8. The average Bonchev–Trinajstić information content (AvgIpc) is 2.90. The highest BCUT2D eigenvalue weighted by Gasteiger charge is 2.25. The lowest BCUT2D eigenvalue weighted by Crippen LogP contribution is -2.25. The maximum Gasteiger partial charge on any atom is 0.305 e. The third-order valence-electron chi connectivity index (χ3n) is 6.72. The Balaban J connectivity index is 1.60. The zero-order valence-electron chi connectivity index (χ0n) is 23.3. The smallest absolute Gasteiger partial charge is 0.305 e. The number of esters is 1. The van der Waals surface area contributed by atoms with E-state index >= 15 is 0 Å². The lowest BCUT2D eigenvalue weighted by atomic mass is 9.95. The summed E-state index contributed by atoms with van der Waals surface area (Å²) in [4.78, 5) is 23.6. The molecule has 1 N–H and O–H groups in total. The zero-order valence-corrected chi connectivity index (χ0v) is 23.3. The van der Waals surface area contributed by atoms with Gasteiger partial charge in [0.25, 0.3) is 0 Å². The van der Waals surface area contributed by atoms with Gasteiger partial charge in [0, 0.05) is 24.0 Å². The van der Waals surface area contributed by atoms with Crippen molar-refractivity contribution in [3.8, 4) is 23.0 Å². The van der Waals surface area contributed by atoms with E-state index in [-0.39, 0.29) is 23.6 Å². The molecule has 7 heteroatoms. The summed E-state index contributed by atoms with van der Waals surface area (Å²) < 4.78 is 23.6. The van der Waals surface area contributed by atoms with Crippen LogP contribution in [0.2, 0.25) is 0 Å². The standard InChI is InChI=1S/C31H42O7/c1-5-9-25-27(17-15-24(21(4)32)30(25)34)36-19-8-20-37-28-16-12-22-11-13-23(14-18-29(33)35-7-3)38-31(22)26(28)10-6-2/h12,15-17,23,34H,5-11,13-14,18-20H2,1-4H3. The Morgan fingerprint density at radius 3 is 2.29 bits per heavy atom. The Kier molecular flexibility index (Phi) is 11.3. The molecule has 2 aromatic carbocycles. The number of carbonyl (C=O) groups is 2. The van der Waals surface area contributed by atoms with Gasteiger partial charge in [-0.15, -0.1) is 0 Å². The second-order valence-electron chi connectivity index (χ2n) is 9.70. The molecule has 0 amide bonds. The van der Waals surface area contributed by atoms with Gasteiger partial charge in [0.2, 0.25) is 0 Å². The van der Waals surface area contributed by atoms with Crippen LogP contribution in [-0.2, 0) is 28.8 Å². The van der Waals surface area contributed by atoms with Gasteiger partial charge in [-0.1, -0.05) is 32.8 Å². The van der Waals surface area contributed by atoms with Gasteiger partial charge in [-0.25, -0.2) is 0 Å². The summed E-state index contributed by atoms with van der Waals surface area (Å²) in [7, 11) is 0. The lowest BCUT2D eigenvalue weighted by Gasteiger charge is -2.29. The number of aryl methyl sites for hydroxylation is 1. The Hall–Kier alpha value is -3.22. The fourth-order valence-corrected chi connectivity index (χ4v) is 4.83. The van der Waals surface area contributed by atoms with Gasteiger partial charge in [-0.05, 0) is 69.7 Å². The minimum atomic E-state index is -0.179. The van der Waals surface area contributed by atoms with Gasteiger partial charge >= 0.3 is 5.97 Å². The monoisotopic (exact) mass is 526 g/mol. The van der Waals surface area contributed by atoms with Crippen LogP contribution in [0.4, 0.5) is 0 Å². The summed E-state index contributed by atoms with van der Waals surface area (Å²) in [6.45, 7) is 8.73. The van der Waals surface area contributed by atoms with E-state index in [1.54, 1.807) is 12.1 Å². The predicted molar refractivity (Wildman–Crippen MR) is 147 cm³/mol. The highest BCUT2D eigenvalue weighted by atomic mass is 16.5. The molecule has 1 atom stereocenters. The van der Waals surface area contributed by atoms with E-state index in [0.717, 1.165) is 49.2 Å². The Morgan fingerprint density at radius 1 is 0.974 bits per heavy atom. The molecule has 0 aliphatic carbocycles. The lowest BCUT2D eigenvalue weighted by molar-refractivity contribution is -0.143. The van der Waals surface area contributed by atoms with Crippen LogP contribution < -0.4 is 14.2 Å². The Bertz CT molecular complexity index is 1090. The molecule has 3 rings (SSSR count). The number of hydrogen-bond donors (Lipinski definition) is 1. The average molecular weight is 527 g/mol. The van der Waals surface area contributed by atoms with Gasteiger partial charge in [0.1, 0.15) is 23.0 Å². The second-order valence-corrected chi connectivity index (χ2v) is 9.70. The first kappa shape index (κ1) is 29.3. The summed E-state index contributed by atoms with van der Waals surface area (Å²) in [5.74, 6) is 2.02. The third kappa shape index (κ3) is 7.65. The van der Waals surface area contributed by atoms with Gasteiger partial charge in [-0.2, -0.15) is 0 Å². The second kappa shape index (κ2) is 14.6. The van der Waals surface area contributed by atoms with Crippen LogP contribution in [0.1, 0.15) is 93.3 Å². The largest absolute Gasteiger partial charge is 0.507 e. The van der Waals surface area contributed by atoms with Crippen LogP contribution in [0, 0.1) is 0 Å². The van der Waals surface area contributed by atoms with Crippen LogP contribution in [0.3, 0.4) is 0 Å². The number of Topliss-reactive ketones (excluding diaryl/α,β-unsaturated/α-hetero) is 1. The number of ether oxygens (including phenoxy) is 4. The summed E-state index contributed by atoms with van der Waals surface area (Å²) in [5, 5.41) is 10.5. The number of carbonyl (C=O) groups excluding carboxylic acids is 2. The molecule has 7 nitrogen and oxygen atoms in total. The molecule has 1 unspecified atom stereocenters. The van der Waals surface area contributed by atoms with Crippen LogP contribution in [0.5, 0.6) is 23.0 Å². The van der Waals surface area contributed by atoms with Crippen molar-refractivity contribution in [2.45, 2.75) is 91.6 Å². The summed E-state index contributed by atoms with van der Waals surface area (Å²) in [5.41, 5.74) is 3.27. The van der Waals surface area contributed by atoms with Gasteiger partial charge < -0.3 is 24.1 Å². The van der Waals surface area contributed by atoms with Crippen molar-refractivity contribution in [1.29, 1.82) is 0 Å². The minimum Gasteiger partial charge on any atom is -0.507 e. The molecule has 0 fully saturated rings. The molecule has 2 aromatic rings. The molecule has 1 aliphatic heterocycles. The van der Waals surface area contributed by atoms with Gasteiger partial charge in [0.05, 0.1) is 31.5 Å². The number of fused-ring (bicyclic) bond motifs is 1. The van der Waals surface area contributed by atoms with E-state index in [9.17, 15) is 14.7 Å². The minimum absolute atomic E-state index is 0.00529. The molecule has 0 aromatic heterocycles. The van der Waals surface area contributed by atoms with Crippen molar-refractivity contribution >= 4 is 11.8 Å². The molecule has 0 saturated heterocycles. The van der Waals surface area contributed by atoms with Crippen molar-refractivity contribution < 1.29 is 33.6 Å². The molecule has 0 spiro atoms. The van der Waals surface area contributed by atoms with Gasteiger partial charge in [0.15, 0.2) is 5.78 Å². The summed E-state index contributed by atoms with van der Waals surface area (Å²) in [6, 6.07) is 7.50. The molecular formula is C31H42O7. The van der Waals surface area contributed by atoms with Crippen molar-refractivity contribution in [2.24, 2.45) is 0 Å². The molecule has 38 heavy (non-hydrogen) atoms. The van der Waals surface area contributed by atoms with E-state index in [0.29, 0.717) is 62.4 Å². The van der Waals surface area contributed by atoms with E-state index in [4.69, 9.17) is 18.9 Å². The van der Waals surface area contributed by atoms with E-state index in [2.05, 4.69) is 13.0 Å². The van der Waals surface area contributed by atoms with Crippen molar-refractivity contribution in [3.05, 3.63) is 46.5 Å². The van der Waals surface area contributed by atoms with Crippen molar-refractivity contribution in [2.75, 3.05) is 19.8 Å². The molecule has 0 bridgehead atoms. The first-order chi connectivity index (χ1) is 18.4. The SMILES string of the molecule is CCCc1c(OCCCOc2ccc3c(c2CCC)OC(CCC(=O)OCC)CC3)ccc(C(C)=O)c1O. The number of phenols is 1. The number of hydrogen-bond acceptors (Lipinski definition) is 7. The van der Waals surface area contributed by atoms with E-state index in [1.165, 1.54) is 12.5 Å². The predicted octanol–water partition coefficient (Wildman–Crippen LogP) is 6.38. The molecule has 1 aliphatic rings. The Labute approximate surface area is 226 Å². The van der Waals surface area contributed by atoms with Crippen LogP contribution in [-0.4, -0.2) is 42.8 Å². The molecular weight excluding hydrogens is 484 g/mol. The van der Waals surface area contributed by atoms with Crippen LogP contribution >= 0.6 is 0 Å². The van der Waals surface area contributed by atoms with E-state index in [1.807, 2.05) is 19.9 Å². The fourth-order valence-electron chi connectivity index (χ4n) is 4.83. The highest BCUT2D eigenvalue weighted by Crippen LogP contribution is 2.39. The fraction of sp³-hybridized carbons (Fsp3) is 0.548. The molecule has 0 saturated carbocycles. The summed E-state index contributed by atoms with van der Waals surface area (Å²) >= 11 is 0. The number of ketones is 1. The van der Waals surface area contributed by atoms with Crippen LogP contribution in [0.25, 0.3) is 0 Å². The summed E-state index contributed by atoms with van der Waals surface area (Å²) in [6.07, 6.45) is 6.75. The first-order valence-corrected chi connectivity index (χ1v) is 14.0. The number of phenolic OH excluding ortho intramolecular Hbond substituents is 1. The molecule has 1 heterocycles. The molecule has 208 valence electrons. The van der Waals surface area contributed by atoms with Gasteiger partial charge in [-0.3, -0.25) is 9.59 Å². The van der Waals surface area contributed by atoms with Crippen molar-refractivity contribution in [3.63, 3.8) is 0 Å². The van der Waals surface area contributed by atoms with E-state index < -0.39 is 0 Å².